The fourth-order valence-electron chi connectivity index (χ4n) is 8.50. The van der Waals surface area contributed by atoms with Crippen LogP contribution in [0.3, 0.4) is 0 Å². The van der Waals surface area contributed by atoms with Gasteiger partial charge in [-0.2, -0.15) is 0 Å². The van der Waals surface area contributed by atoms with Crippen LogP contribution in [0.5, 0.6) is 23.0 Å². The lowest BCUT2D eigenvalue weighted by molar-refractivity contribution is -0.247. The number of hydrogen-bond acceptors (Lipinski definition) is 16. The van der Waals surface area contributed by atoms with Gasteiger partial charge in [-0.25, -0.2) is 0 Å². The number of aliphatic hydroxyl groups is 3. The van der Waals surface area contributed by atoms with Gasteiger partial charge in [0.25, 0.3) is 5.91 Å². The number of ketones is 3. The fourth-order valence-corrected chi connectivity index (χ4v) is 8.50. The maximum atomic E-state index is 13.6. The number of Topliss-reactive ketones (excluding diaryl/α,β-unsaturated/α-hetero) is 1. The van der Waals surface area contributed by atoms with Gasteiger partial charge in [-0.05, 0) is 50.5 Å². The van der Waals surface area contributed by atoms with Crippen molar-refractivity contribution in [3.63, 3.8) is 0 Å². The number of phenols is 3. The van der Waals surface area contributed by atoms with E-state index in [4.69, 9.17) is 25.7 Å². The Labute approximate surface area is 348 Å². The van der Waals surface area contributed by atoms with E-state index in [0.717, 1.165) is 0 Å². The molecule has 0 radical (unpaired) electrons. The Morgan fingerprint density at radius 3 is 2.36 bits per heavy atom. The molecule has 3 aliphatic heterocycles. The summed E-state index contributed by atoms with van der Waals surface area (Å²) in [5.74, 6) is -4.13. The number of amides is 2. The van der Waals surface area contributed by atoms with E-state index in [0.29, 0.717) is 17.6 Å². The Kier molecular flexibility index (Phi) is 11.3. The molecule has 2 amide bonds. The van der Waals surface area contributed by atoms with Crippen LogP contribution in [0.15, 0.2) is 54.3 Å². The smallest absolute Gasteiger partial charge is 0.260 e. The number of hydrogen-bond donors (Lipinski definition) is 9. The fraction of sp³-hybridized carbons (Fsp3) is 0.372. The van der Waals surface area contributed by atoms with Crippen LogP contribution in [-0.4, -0.2) is 114 Å². The predicted molar refractivity (Wildman–Crippen MR) is 214 cm³/mol. The highest BCUT2D eigenvalue weighted by Crippen LogP contribution is 2.52. The molecule has 1 saturated heterocycles. The number of aromatic hydroxyl groups is 3. The van der Waals surface area contributed by atoms with E-state index in [-0.39, 0.29) is 63.8 Å². The molecule has 0 saturated carbocycles. The number of aryl methyl sites for hydroxylation is 1. The number of nitrogens with zero attached hydrogens (tertiary/aromatic N) is 1. The number of ether oxygens (including phenoxy) is 3. The summed E-state index contributed by atoms with van der Waals surface area (Å²) in [6.07, 6.45) is -0.878. The molecule has 1 fully saturated rings. The van der Waals surface area contributed by atoms with E-state index in [2.05, 4.69) is 5.32 Å². The molecule has 8 atom stereocenters. The number of nitrogens with one attached hydrogen (secondary N) is 1. The zero-order chi connectivity index (χ0) is 44.4. The minimum atomic E-state index is -2.00. The number of rotatable bonds is 6. The number of phenolic OH excluding ortho intramolecular Hbond substituents is 3. The number of fused-ring (bicyclic) bond motifs is 5. The highest BCUT2D eigenvalue weighted by Gasteiger charge is 2.49. The lowest BCUT2D eigenvalue weighted by Crippen LogP contribution is -2.52. The molecule has 5 aliphatic rings. The van der Waals surface area contributed by atoms with Crippen LogP contribution >= 0.6 is 0 Å². The average Bonchev–Trinajstić information content (AvgIpc) is 3.62. The molecular weight excluding hydrogens is 796 g/mol. The maximum Gasteiger partial charge on any atom is 0.260 e. The van der Waals surface area contributed by atoms with Crippen LogP contribution in [0.2, 0.25) is 0 Å². The molecule has 18 nitrogen and oxygen atoms in total. The second-order valence-corrected chi connectivity index (χ2v) is 15.8. The summed E-state index contributed by atoms with van der Waals surface area (Å²) in [7, 11) is 1.34. The lowest BCUT2D eigenvalue weighted by atomic mass is 9.72. The lowest BCUT2D eigenvalue weighted by Gasteiger charge is -2.42. The Morgan fingerprint density at radius 1 is 1.00 bits per heavy atom. The number of nitrogens with two attached hydrogens (primary N) is 2. The van der Waals surface area contributed by atoms with Gasteiger partial charge in [0, 0.05) is 54.3 Å². The molecule has 3 aromatic rings. The quantitative estimate of drug-likeness (QED) is 0.0757. The molecular formula is C43H46N4O14. The van der Waals surface area contributed by atoms with Crippen molar-refractivity contribution in [2.24, 2.45) is 11.5 Å². The second kappa shape index (κ2) is 16.0. The van der Waals surface area contributed by atoms with Gasteiger partial charge in [0.05, 0.1) is 59.4 Å². The standard InChI is InChI=1S/C27H29NO10.C16H17N3O4/c1-10-22(30)14(28)7-17(37-10)38-16-9-27(35,11(2)29)8-13-19(16)26(34)21-20(24(13)32)23(31)12-5-4-6-15(36-3)18(12)25(21)33;1-8-2-4-10-13(14(8)21)18-15(22)11-6-9(3-5-12(17)20)7-19(11)16(10)23/h4-6,10,14,16-17,22,30,32,34-35H,7-9,28H2,1-3H3;2-5,7,11,15,18,21-22H,6H2,1H3,(H2,17,20)/b;5-3+/t10-,14-,16-,17-,22+,27-;/m0./s1. The Hall–Kier alpha value is -6.15. The van der Waals surface area contributed by atoms with Crippen LogP contribution in [0.4, 0.5) is 5.69 Å². The first kappa shape index (κ1) is 43.0. The van der Waals surface area contributed by atoms with Crippen LogP contribution in [-0.2, 0) is 25.5 Å². The molecule has 3 aromatic carbocycles. The molecule has 61 heavy (non-hydrogen) atoms. The van der Waals surface area contributed by atoms with Crippen molar-refractivity contribution in [2.75, 3.05) is 12.4 Å². The largest absolute Gasteiger partial charge is 0.507 e. The van der Waals surface area contributed by atoms with Crippen LogP contribution in [0.1, 0.15) is 98.1 Å². The van der Waals surface area contributed by atoms with Crippen molar-refractivity contribution in [2.45, 2.75) is 95.0 Å². The summed E-state index contributed by atoms with van der Waals surface area (Å²) in [5.41, 5.74) is 9.88. The van der Waals surface area contributed by atoms with Crippen molar-refractivity contribution < 1.29 is 68.8 Å². The summed E-state index contributed by atoms with van der Waals surface area (Å²) in [5, 5.41) is 67.4. The summed E-state index contributed by atoms with van der Waals surface area (Å²) in [6, 6.07) is 6.48. The van der Waals surface area contributed by atoms with Gasteiger partial charge in [0.15, 0.2) is 17.9 Å². The molecule has 0 aromatic heterocycles. The van der Waals surface area contributed by atoms with Gasteiger partial charge in [-0.3, -0.25) is 24.0 Å². The molecule has 2 aliphatic carbocycles. The number of aliphatic hydroxyl groups excluding tert-OH is 2. The summed E-state index contributed by atoms with van der Waals surface area (Å²) in [6.45, 7) is 4.50. The molecule has 11 N–H and O–H groups in total. The van der Waals surface area contributed by atoms with Crippen molar-refractivity contribution in [1.29, 1.82) is 0 Å². The van der Waals surface area contributed by atoms with E-state index in [1.165, 1.54) is 49.3 Å². The highest BCUT2D eigenvalue weighted by molar-refractivity contribution is 6.31. The van der Waals surface area contributed by atoms with Gasteiger partial charge in [-0.15, -0.1) is 0 Å². The molecule has 0 bridgehead atoms. The Morgan fingerprint density at radius 2 is 1.70 bits per heavy atom. The first-order chi connectivity index (χ1) is 28.8. The van der Waals surface area contributed by atoms with Crippen LogP contribution in [0.25, 0.3) is 0 Å². The maximum absolute atomic E-state index is 13.6. The van der Waals surface area contributed by atoms with Gasteiger partial charge in [0.2, 0.25) is 11.7 Å². The average molecular weight is 843 g/mol. The number of allylic oxidation sites excluding steroid dienone is 1. The minimum Gasteiger partial charge on any atom is -0.507 e. The second-order valence-electron chi connectivity index (χ2n) is 15.8. The van der Waals surface area contributed by atoms with E-state index in [1.54, 1.807) is 32.2 Å². The third-order valence-electron chi connectivity index (χ3n) is 11.9. The number of primary amides is 1. The van der Waals surface area contributed by atoms with Gasteiger partial charge < -0.3 is 66.5 Å². The third kappa shape index (κ3) is 7.40. The predicted octanol–water partition coefficient (Wildman–Crippen LogP) is 1.61. The molecule has 18 heteroatoms. The summed E-state index contributed by atoms with van der Waals surface area (Å²) < 4.78 is 17.1. The number of carbonyl (C=O) groups is 5. The van der Waals surface area contributed by atoms with Crippen molar-refractivity contribution in [1.82, 2.24) is 4.90 Å². The first-order valence-electron chi connectivity index (χ1n) is 19.4. The molecule has 8 rings (SSSR count). The molecule has 322 valence electrons. The highest BCUT2D eigenvalue weighted by atomic mass is 16.7. The van der Waals surface area contributed by atoms with Gasteiger partial charge in [-0.1, -0.05) is 24.3 Å². The SMILES string of the molecule is COc1cccc2c1C(=O)c1c(O)c3c(c(O)c1C2=O)C[C@@](O)(C(C)=O)C[C@@H]3O[C@H]1C[C@H](N)[C@H](O)[C@H](C)O1.Cc1ccc2c(c1O)NC(O)C1CC(/C=C/C(N)=O)=CN1C2=O. The number of anilines is 1. The molecule has 2 unspecified atom stereocenters. The monoisotopic (exact) mass is 842 g/mol. The zero-order valence-electron chi connectivity index (χ0n) is 33.5. The summed E-state index contributed by atoms with van der Waals surface area (Å²) >= 11 is 0. The van der Waals surface area contributed by atoms with Crippen LogP contribution < -0.4 is 21.5 Å². The molecule has 3 heterocycles. The Bertz CT molecular complexity index is 2440. The molecule has 0 spiro atoms. The number of methoxy groups -OCH3 is 1. The van der Waals surface area contributed by atoms with Crippen molar-refractivity contribution in [3.05, 3.63) is 98.8 Å². The third-order valence-corrected chi connectivity index (χ3v) is 11.9. The van der Waals surface area contributed by atoms with Gasteiger partial charge in [0.1, 0.15) is 34.8 Å². The Balaban J connectivity index is 0.000000208. The van der Waals surface area contributed by atoms with Crippen molar-refractivity contribution in [3.8, 4) is 23.0 Å². The van der Waals surface area contributed by atoms with Crippen LogP contribution in [0, 0.1) is 6.92 Å². The topological polar surface area (TPSA) is 302 Å². The van der Waals surface area contributed by atoms with Gasteiger partial charge >= 0.3 is 0 Å². The summed E-state index contributed by atoms with van der Waals surface area (Å²) in [4.78, 5) is 64.5. The normalized spacial score (nSPS) is 27.6. The number of benzene rings is 3. The van der Waals surface area contributed by atoms with E-state index in [9.17, 15) is 54.6 Å². The van der Waals surface area contributed by atoms with E-state index >= 15 is 0 Å². The van der Waals surface area contributed by atoms with E-state index < -0.39 is 101 Å². The zero-order valence-corrected chi connectivity index (χ0v) is 33.5. The minimum absolute atomic E-state index is 0.0147. The number of carbonyl (C=O) groups excluding carboxylic acids is 5. The van der Waals surface area contributed by atoms with E-state index in [1.807, 2.05) is 0 Å². The first-order valence-corrected chi connectivity index (χ1v) is 19.4. The van der Waals surface area contributed by atoms with Crippen molar-refractivity contribution >= 4 is 34.9 Å².